The van der Waals surface area contributed by atoms with E-state index in [9.17, 15) is 18.0 Å². The topological polar surface area (TPSA) is 42.4 Å². The molecule has 1 aromatic carbocycles. The summed E-state index contributed by atoms with van der Waals surface area (Å²) in [5, 5.41) is -0.143. The Morgan fingerprint density at radius 1 is 1.33 bits per heavy atom. The summed E-state index contributed by atoms with van der Waals surface area (Å²) < 4.78 is 44.7. The van der Waals surface area contributed by atoms with Crippen LogP contribution in [0.15, 0.2) is 47.5 Å². The number of halogens is 4. The number of anilines is 1. The van der Waals surface area contributed by atoms with Gasteiger partial charge < -0.3 is 4.74 Å². The number of hydrogen-bond donors (Lipinski definition) is 0. The Morgan fingerprint density at radius 3 is 2.58 bits per heavy atom. The summed E-state index contributed by atoms with van der Waals surface area (Å²) >= 11 is 7.01. The van der Waals surface area contributed by atoms with Gasteiger partial charge in [0.25, 0.3) is 0 Å². The van der Waals surface area contributed by atoms with Gasteiger partial charge in [-0.1, -0.05) is 29.8 Å². The highest BCUT2D eigenvalue weighted by Gasteiger charge is 2.32. The summed E-state index contributed by atoms with van der Waals surface area (Å²) in [6.45, 7) is -0.293. The third-order valence-electron chi connectivity index (χ3n) is 2.88. The molecule has 0 fully saturated rings. The number of benzene rings is 1. The molecule has 1 aromatic heterocycles. The first-order valence-corrected chi connectivity index (χ1v) is 7.76. The van der Waals surface area contributed by atoms with Gasteiger partial charge in [0.2, 0.25) is 0 Å². The number of carbonyl (C=O) groups is 1. The van der Waals surface area contributed by atoms with E-state index < -0.39 is 17.7 Å². The van der Waals surface area contributed by atoms with E-state index in [4.69, 9.17) is 11.6 Å². The van der Waals surface area contributed by atoms with Gasteiger partial charge in [0, 0.05) is 11.1 Å². The predicted molar refractivity (Wildman–Crippen MR) is 85.9 cm³/mol. The lowest BCUT2D eigenvalue weighted by Gasteiger charge is -2.23. The highest BCUT2D eigenvalue weighted by Crippen LogP contribution is 2.37. The molecule has 0 spiro atoms. The average Bonchev–Trinajstić information content (AvgIpc) is 2.54. The summed E-state index contributed by atoms with van der Waals surface area (Å²) in [5.74, 6) is -0.619. The van der Waals surface area contributed by atoms with Crippen molar-refractivity contribution in [2.75, 3.05) is 18.0 Å². The van der Waals surface area contributed by atoms with E-state index >= 15 is 0 Å². The second-order valence-corrected chi connectivity index (χ2v) is 6.00. The highest BCUT2D eigenvalue weighted by molar-refractivity contribution is 8.00. The molecule has 1 heterocycles. The second-order valence-electron chi connectivity index (χ2n) is 4.55. The number of nitrogens with zero attached hydrogens (tertiary/aromatic N) is 2. The van der Waals surface area contributed by atoms with Gasteiger partial charge in [-0.25, -0.2) is 4.98 Å². The second kappa shape index (κ2) is 7.76. The van der Waals surface area contributed by atoms with Crippen molar-refractivity contribution in [3.8, 4) is 0 Å². The molecule has 0 aliphatic carbocycles. The van der Waals surface area contributed by atoms with E-state index in [2.05, 4.69) is 9.72 Å². The molecule has 0 atom stereocenters. The summed E-state index contributed by atoms with van der Waals surface area (Å²) in [7, 11) is 1.19. The maximum Gasteiger partial charge on any atom is 0.417 e. The standard InChI is InChI=1S/C15H12ClF3N2O2S/c1-23-13(22)9-21(24-11-5-3-2-4-6-11)12-7-10(15(17,18)19)8-20-14(12)16/h2-8H,9H2,1H3. The molecular formula is C15H12ClF3N2O2S. The number of methoxy groups -OCH3 is 1. The normalized spacial score (nSPS) is 11.2. The van der Waals surface area contributed by atoms with Crippen molar-refractivity contribution >= 4 is 35.2 Å². The first kappa shape index (κ1) is 18.4. The molecule has 0 aliphatic rings. The highest BCUT2D eigenvalue weighted by atomic mass is 35.5. The van der Waals surface area contributed by atoms with Crippen molar-refractivity contribution in [2.24, 2.45) is 0 Å². The van der Waals surface area contributed by atoms with E-state index in [1.807, 2.05) is 0 Å². The Morgan fingerprint density at radius 2 is 2.00 bits per heavy atom. The fourth-order valence-corrected chi connectivity index (χ4v) is 2.92. The largest absolute Gasteiger partial charge is 0.468 e. The number of alkyl halides is 3. The summed E-state index contributed by atoms with van der Waals surface area (Å²) in [6, 6.07) is 9.70. The monoisotopic (exact) mass is 376 g/mol. The van der Waals surface area contributed by atoms with Crippen molar-refractivity contribution in [1.29, 1.82) is 0 Å². The number of pyridine rings is 1. The first-order chi connectivity index (χ1) is 11.3. The zero-order valence-corrected chi connectivity index (χ0v) is 14.0. The van der Waals surface area contributed by atoms with Crippen LogP contribution >= 0.6 is 23.5 Å². The van der Waals surface area contributed by atoms with Gasteiger partial charge in [0.15, 0.2) is 5.15 Å². The molecule has 0 aliphatic heterocycles. The number of esters is 1. The van der Waals surface area contributed by atoms with Gasteiger partial charge in [0.1, 0.15) is 6.54 Å². The first-order valence-electron chi connectivity index (χ1n) is 6.61. The minimum atomic E-state index is -4.57. The van der Waals surface area contributed by atoms with Crippen LogP contribution in [0.5, 0.6) is 0 Å². The summed E-state index contributed by atoms with van der Waals surface area (Å²) in [6.07, 6.45) is -3.92. The molecular weight excluding hydrogens is 365 g/mol. The number of rotatable bonds is 5. The zero-order chi connectivity index (χ0) is 17.7. The van der Waals surface area contributed by atoms with Crippen LogP contribution in [0.25, 0.3) is 0 Å². The molecule has 0 bridgehead atoms. The van der Waals surface area contributed by atoms with Gasteiger partial charge in [-0.2, -0.15) is 13.2 Å². The number of aromatic nitrogens is 1. The van der Waals surface area contributed by atoms with Crippen LogP contribution in [-0.2, 0) is 15.7 Å². The lowest BCUT2D eigenvalue weighted by Crippen LogP contribution is -2.25. The van der Waals surface area contributed by atoms with E-state index in [1.165, 1.54) is 11.4 Å². The van der Waals surface area contributed by atoms with Crippen molar-refractivity contribution in [3.63, 3.8) is 0 Å². The molecule has 0 saturated heterocycles. The average molecular weight is 377 g/mol. The number of ether oxygens (including phenoxy) is 1. The van der Waals surface area contributed by atoms with Gasteiger partial charge in [-0.05, 0) is 30.1 Å². The van der Waals surface area contributed by atoms with E-state index in [0.29, 0.717) is 6.20 Å². The van der Waals surface area contributed by atoms with E-state index in [1.54, 1.807) is 30.3 Å². The van der Waals surface area contributed by atoms with Crippen LogP contribution < -0.4 is 4.31 Å². The van der Waals surface area contributed by atoms with E-state index in [0.717, 1.165) is 22.9 Å². The summed E-state index contributed by atoms with van der Waals surface area (Å²) in [5.41, 5.74) is -0.976. The fraction of sp³-hybridized carbons (Fsp3) is 0.200. The van der Waals surface area contributed by atoms with Crippen LogP contribution in [-0.4, -0.2) is 24.6 Å². The van der Waals surface area contributed by atoms with Crippen molar-refractivity contribution in [2.45, 2.75) is 11.1 Å². The third kappa shape index (κ3) is 4.78. The molecule has 4 nitrogen and oxygen atoms in total. The molecule has 9 heteroatoms. The minimum Gasteiger partial charge on any atom is -0.468 e. The van der Waals surface area contributed by atoms with Gasteiger partial charge >= 0.3 is 12.1 Å². The van der Waals surface area contributed by atoms with Gasteiger partial charge in [-0.15, -0.1) is 0 Å². The maximum atomic E-state index is 12.9. The lowest BCUT2D eigenvalue weighted by molar-refractivity contribution is -0.139. The molecule has 24 heavy (non-hydrogen) atoms. The van der Waals surface area contributed by atoms with Gasteiger partial charge in [0.05, 0.1) is 18.4 Å². The molecule has 128 valence electrons. The molecule has 0 unspecified atom stereocenters. The molecule has 0 N–H and O–H groups in total. The Balaban J connectivity index is 2.40. The smallest absolute Gasteiger partial charge is 0.417 e. The van der Waals surface area contributed by atoms with Crippen LogP contribution in [0.4, 0.5) is 18.9 Å². The van der Waals surface area contributed by atoms with Crippen LogP contribution in [0, 0.1) is 0 Å². The van der Waals surface area contributed by atoms with Crippen molar-refractivity contribution < 1.29 is 22.7 Å². The zero-order valence-electron chi connectivity index (χ0n) is 12.4. The Hall–Kier alpha value is -1.93. The molecule has 0 saturated carbocycles. The quantitative estimate of drug-likeness (QED) is 0.438. The SMILES string of the molecule is COC(=O)CN(Sc1ccccc1)c1cc(C(F)(F)F)cnc1Cl. The Kier molecular flexibility index (Phi) is 5.95. The van der Waals surface area contributed by atoms with Crippen LogP contribution in [0.1, 0.15) is 5.56 Å². The van der Waals surface area contributed by atoms with Crippen molar-refractivity contribution in [3.05, 3.63) is 53.3 Å². The number of hydrogen-bond acceptors (Lipinski definition) is 5. The lowest BCUT2D eigenvalue weighted by atomic mass is 10.2. The maximum absolute atomic E-state index is 12.9. The Labute approximate surface area is 145 Å². The van der Waals surface area contributed by atoms with Gasteiger partial charge in [-0.3, -0.25) is 9.10 Å². The molecule has 2 aromatic rings. The molecule has 2 rings (SSSR count). The van der Waals surface area contributed by atoms with E-state index in [-0.39, 0.29) is 17.4 Å². The third-order valence-corrected chi connectivity index (χ3v) is 4.20. The van der Waals surface area contributed by atoms with Crippen LogP contribution in [0.3, 0.4) is 0 Å². The minimum absolute atomic E-state index is 0.0225. The molecule has 0 radical (unpaired) electrons. The fourth-order valence-electron chi connectivity index (χ4n) is 1.72. The molecule has 0 amide bonds. The summed E-state index contributed by atoms with van der Waals surface area (Å²) in [4.78, 5) is 15.9. The van der Waals surface area contributed by atoms with Crippen LogP contribution in [0.2, 0.25) is 5.15 Å². The van der Waals surface area contributed by atoms with Crippen molar-refractivity contribution in [1.82, 2.24) is 4.98 Å². The Bertz CT molecular complexity index is 714. The number of carbonyl (C=O) groups excluding carboxylic acids is 1. The predicted octanol–water partition coefficient (Wildman–Crippen LogP) is 4.44.